The molecule has 3 aromatic rings. The SMILES string of the molecule is CC(C)S(=O)(=O)N1CCN(c2ccc(COC3COC(Cn4ccnc4)(c4ccc(Cl)cc4Cl)OC3)cc2)CC1. The number of hydrogen-bond acceptors (Lipinski definition) is 7. The van der Waals surface area contributed by atoms with E-state index in [1.54, 1.807) is 42.8 Å². The molecular weight excluding hydrogens is 575 g/mol. The average molecular weight is 610 g/mol. The molecule has 216 valence electrons. The van der Waals surface area contributed by atoms with Gasteiger partial charge in [0.2, 0.25) is 15.8 Å². The molecule has 0 aliphatic carbocycles. The van der Waals surface area contributed by atoms with Crippen molar-refractivity contribution >= 4 is 38.9 Å². The van der Waals surface area contributed by atoms with E-state index >= 15 is 0 Å². The maximum absolute atomic E-state index is 12.4. The Hall–Kier alpha value is -2.18. The summed E-state index contributed by atoms with van der Waals surface area (Å²) in [5.41, 5.74) is 2.79. The number of nitrogens with zero attached hydrogens (tertiary/aromatic N) is 4. The lowest BCUT2D eigenvalue weighted by atomic mass is 10.0. The molecule has 1 aromatic heterocycles. The van der Waals surface area contributed by atoms with Gasteiger partial charge in [0.25, 0.3) is 0 Å². The Kier molecular flexibility index (Phi) is 9.06. The van der Waals surface area contributed by atoms with Crippen LogP contribution in [-0.4, -0.2) is 73.0 Å². The summed E-state index contributed by atoms with van der Waals surface area (Å²) in [5, 5.41) is 0.604. The molecule has 3 heterocycles. The van der Waals surface area contributed by atoms with Crippen LogP contribution in [0.2, 0.25) is 10.0 Å². The van der Waals surface area contributed by atoms with Crippen molar-refractivity contribution in [2.45, 2.75) is 44.1 Å². The molecule has 2 aromatic carbocycles. The summed E-state index contributed by atoms with van der Waals surface area (Å²) in [7, 11) is -3.22. The number of rotatable bonds is 9. The minimum absolute atomic E-state index is 0.252. The zero-order valence-electron chi connectivity index (χ0n) is 22.6. The molecule has 0 unspecified atom stereocenters. The van der Waals surface area contributed by atoms with Crippen molar-refractivity contribution in [2.75, 3.05) is 44.3 Å². The van der Waals surface area contributed by atoms with E-state index in [0.29, 0.717) is 68.2 Å². The van der Waals surface area contributed by atoms with Crippen LogP contribution in [-0.2, 0) is 43.2 Å². The van der Waals surface area contributed by atoms with Crippen LogP contribution >= 0.6 is 23.2 Å². The van der Waals surface area contributed by atoms with Gasteiger partial charge >= 0.3 is 0 Å². The summed E-state index contributed by atoms with van der Waals surface area (Å²) in [6, 6.07) is 13.5. The second kappa shape index (κ2) is 12.4. The molecule has 0 N–H and O–H groups in total. The second-order valence-corrected chi connectivity index (χ2v) is 13.6. The number of anilines is 1. The summed E-state index contributed by atoms with van der Waals surface area (Å²) in [6.07, 6.45) is 5.00. The van der Waals surface area contributed by atoms with Gasteiger partial charge in [-0.05, 0) is 43.7 Å². The molecule has 2 aliphatic heterocycles. The molecule has 0 amide bonds. The first-order chi connectivity index (χ1) is 19.2. The van der Waals surface area contributed by atoms with Gasteiger partial charge < -0.3 is 23.7 Å². The highest BCUT2D eigenvalue weighted by Crippen LogP contribution is 2.38. The molecule has 0 atom stereocenters. The molecule has 2 fully saturated rings. The van der Waals surface area contributed by atoms with Crippen LogP contribution in [0, 0.1) is 0 Å². The Bertz CT molecular complexity index is 1370. The molecule has 40 heavy (non-hydrogen) atoms. The third-order valence-corrected chi connectivity index (χ3v) is 10.1. The van der Waals surface area contributed by atoms with E-state index in [0.717, 1.165) is 11.3 Å². The standard InChI is InChI=1S/C28H34Cl2N4O5S/c1-21(2)40(35,36)34-13-11-33(12-14-34)24-6-3-22(4-7-24)16-37-25-17-38-28(39-18-25,19-32-10-9-31-20-32)26-8-5-23(29)15-27(26)30/h3-10,15,20-21,25H,11-14,16-19H2,1-2H3. The predicted octanol–water partition coefficient (Wildman–Crippen LogP) is 4.54. The van der Waals surface area contributed by atoms with Crippen LogP contribution in [0.3, 0.4) is 0 Å². The molecule has 9 nitrogen and oxygen atoms in total. The zero-order valence-corrected chi connectivity index (χ0v) is 24.9. The van der Waals surface area contributed by atoms with Crippen LogP contribution < -0.4 is 4.90 Å². The first-order valence-electron chi connectivity index (χ1n) is 13.3. The topological polar surface area (TPSA) is 86.1 Å². The van der Waals surface area contributed by atoms with Gasteiger partial charge in [0.05, 0.1) is 43.0 Å². The fourth-order valence-corrected chi connectivity index (χ4v) is 6.73. The van der Waals surface area contributed by atoms with E-state index in [2.05, 4.69) is 22.0 Å². The molecule has 12 heteroatoms. The Balaban J connectivity index is 1.16. The zero-order chi connectivity index (χ0) is 28.3. The maximum Gasteiger partial charge on any atom is 0.216 e. The number of halogens is 2. The lowest BCUT2D eigenvalue weighted by molar-refractivity contribution is -0.313. The van der Waals surface area contributed by atoms with E-state index in [1.807, 2.05) is 29.0 Å². The summed E-state index contributed by atoms with van der Waals surface area (Å²) >= 11 is 12.7. The lowest BCUT2D eigenvalue weighted by Crippen LogP contribution is -2.50. The Morgan fingerprint density at radius 1 is 1.05 bits per heavy atom. The van der Waals surface area contributed by atoms with Crippen molar-refractivity contribution in [2.24, 2.45) is 0 Å². The van der Waals surface area contributed by atoms with Gasteiger partial charge in [-0.2, -0.15) is 4.31 Å². The van der Waals surface area contributed by atoms with Crippen LogP contribution in [0.5, 0.6) is 0 Å². The number of sulfonamides is 1. The number of imidazole rings is 1. The van der Waals surface area contributed by atoms with Gasteiger partial charge in [-0.15, -0.1) is 0 Å². The van der Waals surface area contributed by atoms with Crippen molar-refractivity contribution in [1.29, 1.82) is 0 Å². The van der Waals surface area contributed by atoms with Gasteiger partial charge in [0.1, 0.15) is 6.10 Å². The van der Waals surface area contributed by atoms with Crippen LogP contribution in [0.25, 0.3) is 0 Å². The highest BCUT2D eigenvalue weighted by atomic mass is 35.5. The third kappa shape index (κ3) is 6.49. The largest absolute Gasteiger partial charge is 0.369 e. The summed E-state index contributed by atoms with van der Waals surface area (Å²) in [5.74, 6) is -1.09. The Morgan fingerprint density at radius 2 is 1.75 bits per heavy atom. The molecule has 2 saturated heterocycles. The van der Waals surface area contributed by atoms with Crippen LogP contribution in [0.15, 0.2) is 61.2 Å². The highest BCUT2D eigenvalue weighted by Gasteiger charge is 2.42. The first-order valence-corrected chi connectivity index (χ1v) is 15.6. The van der Waals surface area contributed by atoms with E-state index < -0.39 is 21.1 Å². The molecule has 5 rings (SSSR count). The Morgan fingerprint density at radius 3 is 2.35 bits per heavy atom. The van der Waals surface area contributed by atoms with Crippen molar-refractivity contribution < 1.29 is 22.6 Å². The number of piperazine rings is 1. The van der Waals surface area contributed by atoms with Gasteiger partial charge in [0, 0.05) is 54.8 Å². The van der Waals surface area contributed by atoms with Gasteiger partial charge in [-0.25, -0.2) is 13.4 Å². The van der Waals surface area contributed by atoms with Gasteiger partial charge in [-0.1, -0.05) is 41.4 Å². The molecule has 0 spiro atoms. The van der Waals surface area contributed by atoms with E-state index in [9.17, 15) is 8.42 Å². The minimum atomic E-state index is -3.22. The van der Waals surface area contributed by atoms with Crippen molar-refractivity contribution in [1.82, 2.24) is 13.9 Å². The molecule has 0 bridgehead atoms. The fraction of sp³-hybridized carbons (Fsp3) is 0.464. The average Bonchev–Trinajstić information content (AvgIpc) is 3.46. The van der Waals surface area contributed by atoms with Crippen molar-refractivity contribution in [3.05, 3.63) is 82.4 Å². The summed E-state index contributed by atoms with van der Waals surface area (Å²) in [6.45, 7) is 7.21. The third-order valence-electron chi connectivity index (χ3n) is 7.28. The molecule has 2 aliphatic rings. The Labute approximate surface area is 245 Å². The monoisotopic (exact) mass is 608 g/mol. The van der Waals surface area contributed by atoms with Gasteiger partial charge in [-0.3, -0.25) is 0 Å². The maximum atomic E-state index is 12.4. The number of aromatic nitrogens is 2. The van der Waals surface area contributed by atoms with E-state index in [1.165, 1.54) is 0 Å². The highest BCUT2D eigenvalue weighted by molar-refractivity contribution is 7.89. The predicted molar refractivity (Wildman–Crippen MR) is 155 cm³/mol. The lowest BCUT2D eigenvalue weighted by Gasteiger charge is -2.41. The van der Waals surface area contributed by atoms with Crippen molar-refractivity contribution in [3.8, 4) is 0 Å². The molecule has 0 radical (unpaired) electrons. The van der Waals surface area contributed by atoms with Crippen LogP contribution in [0.1, 0.15) is 25.0 Å². The number of hydrogen-bond donors (Lipinski definition) is 0. The summed E-state index contributed by atoms with van der Waals surface area (Å²) in [4.78, 5) is 6.34. The second-order valence-electron chi connectivity index (χ2n) is 10.3. The number of ether oxygens (including phenoxy) is 3. The number of benzene rings is 2. The minimum Gasteiger partial charge on any atom is -0.369 e. The van der Waals surface area contributed by atoms with Crippen molar-refractivity contribution in [3.63, 3.8) is 0 Å². The molecule has 0 saturated carbocycles. The first kappa shape index (κ1) is 29.3. The smallest absolute Gasteiger partial charge is 0.216 e. The van der Waals surface area contributed by atoms with E-state index in [-0.39, 0.29) is 6.10 Å². The quantitative estimate of drug-likeness (QED) is 0.352. The molecular formula is C28H34Cl2N4O5S. The fourth-order valence-electron chi connectivity index (χ4n) is 4.91. The normalized spacial score (nSPS) is 22.6. The summed E-state index contributed by atoms with van der Waals surface area (Å²) < 4.78 is 47.1. The van der Waals surface area contributed by atoms with E-state index in [4.69, 9.17) is 37.4 Å². The van der Waals surface area contributed by atoms with Crippen LogP contribution in [0.4, 0.5) is 5.69 Å². The van der Waals surface area contributed by atoms with Gasteiger partial charge in [0.15, 0.2) is 0 Å².